The number of hydrogen-bond acceptors (Lipinski definition) is 6. The molecule has 2 saturated heterocycles. The number of ether oxygens (including phenoxy) is 1. The highest BCUT2D eigenvalue weighted by atomic mass is 32.2. The lowest BCUT2D eigenvalue weighted by atomic mass is 10.0. The summed E-state index contributed by atoms with van der Waals surface area (Å²) in [6.07, 6.45) is 3.70. The quantitative estimate of drug-likeness (QED) is 0.786. The maximum Gasteiger partial charge on any atom is 0.282 e. The van der Waals surface area contributed by atoms with Crippen LogP contribution in [-0.2, 0) is 10.2 Å². The third-order valence-electron chi connectivity index (χ3n) is 4.62. The summed E-state index contributed by atoms with van der Waals surface area (Å²) in [5.41, 5.74) is 0. The van der Waals surface area contributed by atoms with Crippen LogP contribution in [0.2, 0.25) is 0 Å². The Balaban J connectivity index is 1.63. The van der Waals surface area contributed by atoms with E-state index in [0.29, 0.717) is 57.0 Å². The molecule has 9 heteroatoms. The SMILES string of the molecule is COc1ccnc(N2CCN(S(=O)(=O)N3CCC[C@@H](C)C3)CC2)n1. The van der Waals surface area contributed by atoms with Crippen LogP contribution in [0.15, 0.2) is 12.3 Å². The van der Waals surface area contributed by atoms with Crippen LogP contribution >= 0.6 is 0 Å². The second-order valence-corrected chi connectivity index (χ2v) is 8.33. The molecule has 0 spiro atoms. The van der Waals surface area contributed by atoms with Gasteiger partial charge in [0.1, 0.15) is 0 Å². The van der Waals surface area contributed by atoms with E-state index in [1.54, 1.807) is 28.0 Å². The van der Waals surface area contributed by atoms with E-state index in [1.165, 1.54) is 0 Å². The molecule has 1 aromatic heterocycles. The van der Waals surface area contributed by atoms with Crippen molar-refractivity contribution in [1.82, 2.24) is 18.6 Å². The van der Waals surface area contributed by atoms with E-state index < -0.39 is 10.2 Å². The van der Waals surface area contributed by atoms with Crippen LogP contribution in [-0.4, -0.2) is 73.4 Å². The molecule has 0 radical (unpaired) electrons. The third-order valence-corrected chi connectivity index (χ3v) is 6.62. The highest BCUT2D eigenvalue weighted by Gasteiger charge is 2.34. The van der Waals surface area contributed by atoms with Crippen LogP contribution in [0.25, 0.3) is 0 Å². The fourth-order valence-corrected chi connectivity index (χ4v) is 4.99. The van der Waals surface area contributed by atoms with Gasteiger partial charge in [-0.2, -0.15) is 22.0 Å². The molecule has 3 rings (SSSR count). The summed E-state index contributed by atoms with van der Waals surface area (Å²) in [6.45, 7) is 5.43. The number of anilines is 1. The van der Waals surface area contributed by atoms with Gasteiger partial charge in [-0.05, 0) is 18.8 Å². The molecule has 0 saturated carbocycles. The number of hydrogen-bond donors (Lipinski definition) is 0. The molecule has 1 atom stereocenters. The molecule has 0 bridgehead atoms. The largest absolute Gasteiger partial charge is 0.481 e. The molecule has 0 unspecified atom stereocenters. The van der Waals surface area contributed by atoms with E-state index >= 15 is 0 Å². The molecule has 0 aromatic carbocycles. The second kappa shape index (κ2) is 7.20. The first kappa shape index (κ1) is 17.4. The standard InChI is InChI=1S/C15H25N5O3S/c1-13-4-3-7-20(12-13)24(21,22)19-10-8-18(9-11-19)15-16-6-5-14(17-15)23-2/h5-6,13H,3-4,7-12H2,1-2H3/t13-/m1/s1. The monoisotopic (exact) mass is 355 g/mol. The maximum atomic E-state index is 12.8. The molecule has 0 N–H and O–H groups in total. The molecule has 2 aliphatic heterocycles. The Morgan fingerprint density at radius 3 is 2.58 bits per heavy atom. The molecule has 24 heavy (non-hydrogen) atoms. The fourth-order valence-electron chi connectivity index (χ4n) is 3.24. The van der Waals surface area contributed by atoms with Gasteiger partial charge < -0.3 is 9.64 Å². The van der Waals surface area contributed by atoms with Gasteiger partial charge in [0, 0.05) is 51.5 Å². The van der Waals surface area contributed by atoms with Gasteiger partial charge in [0.05, 0.1) is 7.11 Å². The van der Waals surface area contributed by atoms with E-state index in [1.807, 2.05) is 4.90 Å². The lowest BCUT2D eigenvalue weighted by Crippen LogP contribution is -2.54. The predicted molar refractivity (Wildman–Crippen MR) is 91.3 cm³/mol. The molecule has 0 aliphatic carbocycles. The Labute approximate surface area is 143 Å². The summed E-state index contributed by atoms with van der Waals surface area (Å²) in [4.78, 5) is 10.6. The smallest absolute Gasteiger partial charge is 0.282 e. The van der Waals surface area contributed by atoms with Crippen LogP contribution < -0.4 is 9.64 Å². The first-order valence-electron chi connectivity index (χ1n) is 8.38. The zero-order chi connectivity index (χ0) is 17.2. The van der Waals surface area contributed by atoms with Crippen molar-refractivity contribution >= 4 is 16.2 Å². The molecule has 8 nitrogen and oxygen atoms in total. The van der Waals surface area contributed by atoms with E-state index in [-0.39, 0.29) is 0 Å². The Kier molecular flexibility index (Phi) is 5.21. The van der Waals surface area contributed by atoms with Crippen LogP contribution in [0.5, 0.6) is 5.88 Å². The molecule has 2 aliphatic rings. The normalized spacial score (nSPS) is 24.1. The van der Waals surface area contributed by atoms with Gasteiger partial charge in [-0.3, -0.25) is 0 Å². The van der Waals surface area contributed by atoms with Crippen molar-refractivity contribution in [3.8, 4) is 5.88 Å². The number of nitrogens with zero attached hydrogens (tertiary/aromatic N) is 5. The average molecular weight is 355 g/mol. The van der Waals surface area contributed by atoms with Crippen molar-refractivity contribution in [2.75, 3.05) is 51.3 Å². The number of methoxy groups -OCH3 is 1. The Morgan fingerprint density at radius 1 is 1.17 bits per heavy atom. The minimum absolute atomic E-state index is 0.431. The zero-order valence-electron chi connectivity index (χ0n) is 14.3. The average Bonchev–Trinajstić information content (AvgIpc) is 2.62. The fraction of sp³-hybridized carbons (Fsp3) is 0.733. The van der Waals surface area contributed by atoms with Crippen molar-refractivity contribution < 1.29 is 13.2 Å². The first-order chi connectivity index (χ1) is 11.5. The van der Waals surface area contributed by atoms with E-state index in [4.69, 9.17) is 4.74 Å². The van der Waals surface area contributed by atoms with Crippen molar-refractivity contribution in [2.24, 2.45) is 5.92 Å². The van der Waals surface area contributed by atoms with Gasteiger partial charge in [-0.15, -0.1) is 0 Å². The number of aromatic nitrogens is 2. The molecule has 134 valence electrons. The lowest BCUT2D eigenvalue weighted by molar-refractivity contribution is 0.254. The van der Waals surface area contributed by atoms with Crippen LogP contribution in [0.1, 0.15) is 19.8 Å². The number of piperidine rings is 1. The van der Waals surface area contributed by atoms with Gasteiger partial charge in [-0.1, -0.05) is 6.92 Å². The summed E-state index contributed by atoms with van der Waals surface area (Å²) < 4.78 is 34.0. The highest BCUT2D eigenvalue weighted by molar-refractivity contribution is 7.86. The van der Waals surface area contributed by atoms with Gasteiger partial charge in [0.15, 0.2) is 0 Å². The number of piperazine rings is 1. The summed E-state index contributed by atoms with van der Waals surface area (Å²) in [7, 11) is -1.80. The van der Waals surface area contributed by atoms with Crippen LogP contribution in [0.3, 0.4) is 0 Å². The van der Waals surface area contributed by atoms with Crippen LogP contribution in [0, 0.1) is 5.92 Å². The summed E-state index contributed by atoms with van der Waals surface area (Å²) in [5.74, 6) is 1.52. The van der Waals surface area contributed by atoms with E-state index in [2.05, 4.69) is 16.9 Å². The van der Waals surface area contributed by atoms with Gasteiger partial charge in [0.2, 0.25) is 11.8 Å². The zero-order valence-corrected chi connectivity index (χ0v) is 15.1. The van der Waals surface area contributed by atoms with Crippen LogP contribution in [0.4, 0.5) is 5.95 Å². The Hall–Kier alpha value is -1.45. The topological polar surface area (TPSA) is 78.9 Å². The highest BCUT2D eigenvalue weighted by Crippen LogP contribution is 2.22. The minimum atomic E-state index is -3.36. The van der Waals surface area contributed by atoms with E-state index in [0.717, 1.165) is 12.8 Å². The predicted octanol–water partition coefficient (Wildman–Crippen LogP) is 0.584. The first-order valence-corrected chi connectivity index (χ1v) is 9.77. The molecular weight excluding hydrogens is 330 g/mol. The van der Waals surface area contributed by atoms with Crippen molar-refractivity contribution in [1.29, 1.82) is 0 Å². The third kappa shape index (κ3) is 3.62. The lowest BCUT2D eigenvalue weighted by Gasteiger charge is -2.38. The van der Waals surface area contributed by atoms with Crippen molar-refractivity contribution in [2.45, 2.75) is 19.8 Å². The van der Waals surface area contributed by atoms with Gasteiger partial charge in [0.25, 0.3) is 10.2 Å². The molecule has 0 amide bonds. The summed E-state index contributed by atoms with van der Waals surface area (Å²) in [6, 6.07) is 1.70. The number of rotatable bonds is 4. The maximum absolute atomic E-state index is 12.8. The molecule has 2 fully saturated rings. The molecule has 3 heterocycles. The molecule has 1 aromatic rings. The van der Waals surface area contributed by atoms with Crippen molar-refractivity contribution in [3.63, 3.8) is 0 Å². The van der Waals surface area contributed by atoms with Gasteiger partial charge in [-0.25, -0.2) is 4.98 Å². The molecular formula is C15H25N5O3S. The Morgan fingerprint density at radius 2 is 1.92 bits per heavy atom. The van der Waals surface area contributed by atoms with Gasteiger partial charge >= 0.3 is 0 Å². The minimum Gasteiger partial charge on any atom is -0.481 e. The summed E-state index contributed by atoms with van der Waals surface area (Å²) in [5, 5.41) is 0. The van der Waals surface area contributed by atoms with E-state index in [9.17, 15) is 8.42 Å². The summed E-state index contributed by atoms with van der Waals surface area (Å²) >= 11 is 0. The van der Waals surface area contributed by atoms with Crippen molar-refractivity contribution in [3.05, 3.63) is 12.3 Å². The second-order valence-electron chi connectivity index (χ2n) is 6.40. The Bertz CT molecular complexity index is 661.